The van der Waals surface area contributed by atoms with Crippen LogP contribution in [0.25, 0.3) is 0 Å². The van der Waals surface area contributed by atoms with Crippen molar-refractivity contribution in [2.24, 2.45) is 11.3 Å². The highest BCUT2D eigenvalue weighted by atomic mass is 127. The fraction of sp³-hybridized carbons (Fsp3) is 0.538. The lowest BCUT2D eigenvalue weighted by Gasteiger charge is -2.30. The van der Waals surface area contributed by atoms with Gasteiger partial charge in [0.15, 0.2) is 0 Å². The summed E-state index contributed by atoms with van der Waals surface area (Å²) in [6.07, 6.45) is 0. The molecule has 0 spiro atoms. The minimum atomic E-state index is -0.371. The fourth-order valence-corrected chi connectivity index (χ4v) is 1.98. The highest BCUT2D eigenvalue weighted by Gasteiger charge is 2.22. The van der Waals surface area contributed by atoms with Gasteiger partial charge in [-0.1, -0.05) is 27.7 Å². The molecule has 4 nitrogen and oxygen atoms in total. The van der Waals surface area contributed by atoms with Gasteiger partial charge < -0.3 is 5.32 Å². The quantitative estimate of drug-likeness (QED) is 0.483. The van der Waals surface area contributed by atoms with Crippen molar-refractivity contribution in [2.45, 2.75) is 27.7 Å². The van der Waals surface area contributed by atoms with Gasteiger partial charge in [0.05, 0.1) is 4.92 Å². The summed E-state index contributed by atoms with van der Waals surface area (Å²) in [5, 5.41) is 14.0. The summed E-state index contributed by atoms with van der Waals surface area (Å²) in [5.41, 5.74) is 1.27. The van der Waals surface area contributed by atoms with Crippen LogP contribution in [0.4, 0.5) is 11.4 Å². The zero-order valence-corrected chi connectivity index (χ0v) is 13.3. The van der Waals surface area contributed by atoms with Crippen molar-refractivity contribution >= 4 is 34.0 Å². The maximum Gasteiger partial charge on any atom is 0.270 e. The van der Waals surface area contributed by atoms with Crippen LogP contribution in [0.5, 0.6) is 0 Å². The van der Waals surface area contributed by atoms with Gasteiger partial charge in [-0.2, -0.15) is 0 Å². The third kappa shape index (κ3) is 3.83. The molecule has 0 saturated carbocycles. The van der Waals surface area contributed by atoms with Gasteiger partial charge in [-0.15, -0.1) is 0 Å². The molecule has 0 atom stereocenters. The lowest BCUT2D eigenvalue weighted by molar-refractivity contribution is -0.384. The predicted octanol–water partition coefficient (Wildman–Crippen LogP) is 4.29. The molecule has 1 rings (SSSR count). The van der Waals surface area contributed by atoms with Crippen LogP contribution in [0.1, 0.15) is 27.7 Å². The molecule has 5 heteroatoms. The Balaban J connectivity index is 2.78. The highest BCUT2D eigenvalue weighted by molar-refractivity contribution is 14.1. The molecule has 0 aliphatic rings. The van der Waals surface area contributed by atoms with E-state index >= 15 is 0 Å². The Morgan fingerprint density at radius 3 is 2.50 bits per heavy atom. The Hall–Kier alpha value is -0.850. The number of anilines is 1. The number of nitrogens with zero attached hydrogens (tertiary/aromatic N) is 1. The van der Waals surface area contributed by atoms with Crippen LogP contribution >= 0.6 is 22.6 Å². The van der Waals surface area contributed by atoms with E-state index in [-0.39, 0.29) is 16.0 Å². The van der Waals surface area contributed by atoms with Crippen molar-refractivity contribution in [3.05, 3.63) is 31.9 Å². The molecule has 18 heavy (non-hydrogen) atoms. The standard InChI is InChI=1S/C13H19IN2O2/c1-9(2)13(3,4)8-15-12-6-5-10(16(17)18)7-11(12)14/h5-7,9,15H,8H2,1-4H3. The molecule has 0 amide bonds. The highest BCUT2D eigenvalue weighted by Crippen LogP contribution is 2.28. The predicted molar refractivity (Wildman–Crippen MR) is 82.9 cm³/mol. The molecule has 0 radical (unpaired) electrons. The molecule has 0 saturated heterocycles. The van der Waals surface area contributed by atoms with Gasteiger partial charge in [-0.05, 0) is 40.0 Å². The molecule has 1 N–H and O–H groups in total. The normalized spacial score (nSPS) is 11.7. The van der Waals surface area contributed by atoms with Crippen LogP contribution in [0.3, 0.4) is 0 Å². The zero-order chi connectivity index (χ0) is 13.9. The van der Waals surface area contributed by atoms with Gasteiger partial charge in [0.2, 0.25) is 0 Å². The maximum absolute atomic E-state index is 10.7. The van der Waals surface area contributed by atoms with E-state index in [1.165, 1.54) is 6.07 Å². The first-order valence-corrected chi connectivity index (χ1v) is 7.00. The summed E-state index contributed by atoms with van der Waals surface area (Å²) in [5.74, 6) is 0.570. The second-order valence-electron chi connectivity index (χ2n) is 5.42. The van der Waals surface area contributed by atoms with Crippen molar-refractivity contribution in [1.29, 1.82) is 0 Å². The minimum absolute atomic E-state index is 0.132. The molecule has 0 fully saturated rings. The molecular weight excluding hydrogens is 343 g/mol. The maximum atomic E-state index is 10.7. The summed E-state index contributed by atoms with van der Waals surface area (Å²) in [6, 6.07) is 4.90. The largest absolute Gasteiger partial charge is 0.384 e. The second kappa shape index (κ2) is 5.86. The van der Waals surface area contributed by atoms with Crippen LogP contribution in [-0.4, -0.2) is 11.5 Å². The minimum Gasteiger partial charge on any atom is -0.384 e. The molecule has 0 aromatic heterocycles. The first kappa shape index (κ1) is 15.2. The van der Waals surface area contributed by atoms with Gasteiger partial charge in [0.25, 0.3) is 5.69 Å². The molecule has 0 bridgehead atoms. The van der Waals surface area contributed by atoms with Gasteiger partial charge in [-0.25, -0.2) is 0 Å². The monoisotopic (exact) mass is 362 g/mol. The lowest BCUT2D eigenvalue weighted by Crippen LogP contribution is -2.28. The zero-order valence-electron chi connectivity index (χ0n) is 11.2. The number of non-ortho nitro benzene ring substituents is 1. The van der Waals surface area contributed by atoms with E-state index in [1.54, 1.807) is 12.1 Å². The first-order chi connectivity index (χ1) is 8.24. The number of hydrogen-bond acceptors (Lipinski definition) is 3. The van der Waals surface area contributed by atoms with E-state index in [1.807, 2.05) is 0 Å². The fourth-order valence-electron chi connectivity index (χ4n) is 1.29. The van der Waals surface area contributed by atoms with E-state index in [0.717, 1.165) is 15.8 Å². The van der Waals surface area contributed by atoms with Crippen LogP contribution in [0.2, 0.25) is 0 Å². The molecular formula is C13H19IN2O2. The molecule has 0 aliphatic carbocycles. The number of nitro groups is 1. The topological polar surface area (TPSA) is 55.2 Å². The molecule has 0 aliphatic heterocycles. The lowest BCUT2D eigenvalue weighted by atomic mass is 9.81. The van der Waals surface area contributed by atoms with Crippen LogP contribution in [-0.2, 0) is 0 Å². The summed E-state index contributed by atoms with van der Waals surface area (Å²) in [4.78, 5) is 10.3. The van der Waals surface area contributed by atoms with E-state index in [2.05, 4.69) is 55.6 Å². The third-order valence-corrected chi connectivity index (χ3v) is 4.35. The first-order valence-electron chi connectivity index (χ1n) is 5.92. The summed E-state index contributed by atoms with van der Waals surface area (Å²) in [6.45, 7) is 9.66. The molecule has 0 heterocycles. The molecule has 100 valence electrons. The van der Waals surface area contributed by atoms with Crippen LogP contribution in [0.15, 0.2) is 18.2 Å². The Labute approximate surface area is 121 Å². The van der Waals surface area contributed by atoms with Crippen molar-refractivity contribution in [3.63, 3.8) is 0 Å². The SMILES string of the molecule is CC(C)C(C)(C)CNc1ccc([N+](=O)[O-])cc1I. The molecule has 1 aromatic rings. The van der Waals surface area contributed by atoms with Gasteiger partial charge in [-0.3, -0.25) is 10.1 Å². The Kier molecular flexibility index (Phi) is 4.95. The average molecular weight is 362 g/mol. The number of benzene rings is 1. The van der Waals surface area contributed by atoms with Crippen molar-refractivity contribution < 1.29 is 4.92 Å². The molecule has 0 unspecified atom stereocenters. The van der Waals surface area contributed by atoms with E-state index in [4.69, 9.17) is 0 Å². The number of halogens is 1. The average Bonchev–Trinajstić information content (AvgIpc) is 2.26. The van der Waals surface area contributed by atoms with Crippen LogP contribution < -0.4 is 5.32 Å². The Morgan fingerprint density at radius 2 is 2.06 bits per heavy atom. The van der Waals surface area contributed by atoms with Crippen LogP contribution in [0, 0.1) is 25.0 Å². The number of hydrogen-bond donors (Lipinski definition) is 1. The van der Waals surface area contributed by atoms with Crippen molar-refractivity contribution in [1.82, 2.24) is 0 Å². The van der Waals surface area contributed by atoms with E-state index in [0.29, 0.717) is 5.92 Å². The van der Waals surface area contributed by atoms with Gasteiger partial charge >= 0.3 is 0 Å². The molecule has 1 aromatic carbocycles. The van der Waals surface area contributed by atoms with E-state index < -0.39 is 0 Å². The van der Waals surface area contributed by atoms with Gasteiger partial charge in [0.1, 0.15) is 0 Å². The second-order valence-corrected chi connectivity index (χ2v) is 6.58. The Bertz CT molecular complexity index is 445. The summed E-state index contributed by atoms with van der Waals surface area (Å²) >= 11 is 2.12. The van der Waals surface area contributed by atoms with E-state index in [9.17, 15) is 10.1 Å². The smallest absolute Gasteiger partial charge is 0.270 e. The van der Waals surface area contributed by atoms with Crippen molar-refractivity contribution in [2.75, 3.05) is 11.9 Å². The number of nitrogens with one attached hydrogen (secondary N) is 1. The number of rotatable bonds is 5. The number of nitro benzene ring substituents is 1. The summed E-state index contributed by atoms with van der Waals surface area (Å²) in [7, 11) is 0. The van der Waals surface area contributed by atoms with Crippen molar-refractivity contribution in [3.8, 4) is 0 Å². The summed E-state index contributed by atoms with van der Waals surface area (Å²) < 4.78 is 0.876. The third-order valence-electron chi connectivity index (χ3n) is 3.46. The Morgan fingerprint density at radius 1 is 1.44 bits per heavy atom. The van der Waals surface area contributed by atoms with Gasteiger partial charge in [0, 0.05) is 27.9 Å².